The predicted molar refractivity (Wildman–Crippen MR) is 94.7 cm³/mol. The summed E-state index contributed by atoms with van der Waals surface area (Å²) in [4.78, 5) is 14.1. The van der Waals surface area contributed by atoms with E-state index in [1.54, 1.807) is 12.1 Å². The number of anilines is 1. The summed E-state index contributed by atoms with van der Waals surface area (Å²) >= 11 is 0. The number of amides is 1. The van der Waals surface area contributed by atoms with Crippen LogP contribution in [0.15, 0.2) is 30.3 Å². The Balaban J connectivity index is 2.15. The summed E-state index contributed by atoms with van der Waals surface area (Å²) in [7, 11) is -3.69. The van der Waals surface area contributed by atoms with Gasteiger partial charge in [-0.25, -0.2) is 13.1 Å². The van der Waals surface area contributed by atoms with Crippen molar-refractivity contribution in [1.29, 1.82) is 0 Å². The SMILES string of the molecule is CCCn1nnnc1CS(=O)(=O)CC(=O)N(c1ccccc1)C(C)C. The van der Waals surface area contributed by atoms with Crippen LogP contribution in [0.1, 0.15) is 33.0 Å². The zero-order valence-corrected chi connectivity index (χ0v) is 15.5. The Morgan fingerprint density at radius 1 is 1.24 bits per heavy atom. The summed E-state index contributed by atoms with van der Waals surface area (Å²) in [5, 5.41) is 11.1. The molecule has 2 aromatic rings. The van der Waals surface area contributed by atoms with Gasteiger partial charge in [0, 0.05) is 18.3 Å². The van der Waals surface area contributed by atoms with Gasteiger partial charge in [0.1, 0.15) is 11.5 Å². The number of benzene rings is 1. The number of carbonyl (C=O) groups excluding carboxylic acids is 1. The number of aromatic nitrogens is 4. The lowest BCUT2D eigenvalue weighted by Gasteiger charge is -2.26. The molecule has 9 heteroatoms. The summed E-state index contributed by atoms with van der Waals surface area (Å²) in [5.41, 5.74) is 0.675. The van der Waals surface area contributed by atoms with Crippen LogP contribution < -0.4 is 4.90 Å². The smallest absolute Gasteiger partial charge is 0.242 e. The highest BCUT2D eigenvalue weighted by molar-refractivity contribution is 7.91. The fourth-order valence-electron chi connectivity index (χ4n) is 2.54. The van der Waals surface area contributed by atoms with Gasteiger partial charge in [-0.2, -0.15) is 0 Å². The molecule has 0 radical (unpaired) electrons. The van der Waals surface area contributed by atoms with Crippen molar-refractivity contribution in [2.75, 3.05) is 10.7 Å². The molecule has 1 aromatic heterocycles. The average Bonchev–Trinajstić information content (AvgIpc) is 2.94. The first kappa shape index (κ1) is 19.0. The zero-order chi connectivity index (χ0) is 18.4. The maximum absolute atomic E-state index is 12.6. The number of para-hydroxylation sites is 1. The monoisotopic (exact) mass is 365 g/mol. The van der Waals surface area contributed by atoms with Crippen molar-refractivity contribution in [2.24, 2.45) is 0 Å². The lowest BCUT2D eigenvalue weighted by Crippen LogP contribution is -2.41. The van der Waals surface area contributed by atoms with Crippen molar-refractivity contribution in [1.82, 2.24) is 20.2 Å². The highest BCUT2D eigenvalue weighted by Crippen LogP contribution is 2.17. The van der Waals surface area contributed by atoms with Gasteiger partial charge in [-0.05, 0) is 42.8 Å². The van der Waals surface area contributed by atoms with E-state index in [2.05, 4.69) is 15.5 Å². The number of rotatable bonds is 8. The van der Waals surface area contributed by atoms with E-state index < -0.39 is 21.5 Å². The third-order valence-corrected chi connectivity index (χ3v) is 4.94. The van der Waals surface area contributed by atoms with Gasteiger partial charge in [0.05, 0.1) is 0 Å². The molecular formula is C16H23N5O3S. The molecule has 0 unspecified atom stereocenters. The summed E-state index contributed by atoms with van der Waals surface area (Å²) < 4.78 is 26.4. The molecule has 136 valence electrons. The van der Waals surface area contributed by atoms with E-state index in [1.807, 2.05) is 39.0 Å². The number of hydrogen-bond donors (Lipinski definition) is 0. The van der Waals surface area contributed by atoms with Gasteiger partial charge < -0.3 is 4.90 Å². The first-order chi connectivity index (χ1) is 11.8. The van der Waals surface area contributed by atoms with Gasteiger partial charge in [0.2, 0.25) is 5.91 Å². The minimum Gasteiger partial charge on any atom is -0.309 e. The molecule has 0 saturated carbocycles. The molecule has 1 amide bonds. The van der Waals surface area contributed by atoms with Crippen LogP contribution in [-0.2, 0) is 26.9 Å². The standard InChI is InChI=1S/C16H23N5O3S/c1-4-10-20-15(17-18-19-20)11-25(23,24)12-16(22)21(13(2)3)14-8-6-5-7-9-14/h5-9,13H,4,10-12H2,1-3H3. The summed E-state index contributed by atoms with van der Waals surface area (Å²) in [6, 6.07) is 8.88. The van der Waals surface area contributed by atoms with E-state index in [0.29, 0.717) is 12.2 Å². The average molecular weight is 365 g/mol. The van der Waals surface area contributed by atoms with Gasteiger partial charge in [-0.15, -0.1) is 5.10 Å². The van der Waals surface area contributed by atoms with Crippen molar-refractivity contribution >= 4 is 21.4 Å². The number of hydrogen-bond acceptors (Lipinski definition) is 6. The Morgan fingerprint density at radius 3 is 2.52 bits per heavy atom. The first-order valence-electron chi connectivity index (χ1n) is 8.16. The molecule has 0 aliphatic carbocycles. The van der Waals surface area contributed by atoms with Crippen LogP contribution >= 0.6 is 0 Å². The quantitative estimate of drug-likeness (QED) is 0.702. The van der Waals surface area contributed by atoms with E-state index in [-0.39, 0.29) is 17.6 Å². The van der Waals surface area contributed by atoms with Crippen molar-refractivity contribution in [3.05, 3.63) is 36.2 Å². The van der Waals surface area contributed by atoms with Crippen LogP contribution in [0.25, 0.3) is 0 Å². The van der Waals surface area contributed by atoms with Crippen LogP contribution in [0.2, 0.25) is 0 Å². The zero-order valence-electron chi connectivity index (χ0n) is 14.7. The van der Waals surface area contributed by atoms with Crippen LogP contribution in [0.3, 0.4) is 0 Å². The third-order valence-electron chi connectivity index (χ3n) is 3.55. The fourth-order valence-corrected chi connectivity index (χ4v) is 3.75. The van der Waals surface area contributed by atoms with Gasteiger partial charge in [-0.1, -0.05) is 25.1 Å². The van der Waals surface area contributed by atoms with Crippen LogP contribution in [-0.4, -0.2) is 46.3 Å². The molecule has 0 N–H and O–H groups in total. The topological polar surface area (TPSA) is 98.0 Å². The Morgan fingerprint density at radius 2 is 1.92 bits per heavy atom. The summed E-state index contributed by atoms with van der Waals surface area (Å²) in [5.74, 6) is -1.15. The molecule has 0 fully saturated rings. The largest absolute Gasteiger partial charge is 0.309 e. The van der Waals surface area contributed by atoms with Crippen molar-refractivity contribution < 1.29 is 13.2 Å². The van der Waals surface area contributed by atoms with Crippen molar-refractivity contribution in [3.8, 4) is 0 Å². The van der Waals surface area contributed by atoms with Gasteiger partial charge in [-0.3, -0.25) is 4.79 Å². The number of tetrazole rings is 1. The van der Waals surface area contributed by atoms with Crippen LogP contribution in [0.5, 0.6) is 0 Å². The summed E-state index contributed by atoms with van der Waals surface area (Å²) in [6.07, 6.45) is 0.784. The fraction of sp³-hybridized carbons (Fsp3) is 0.500. The molecular weight excluding hydrogens is 342 g/mol. The Kier molecular flexibility index (Phi) is 6.24. The van der Waals surface area contributed by atoms with E-state index in [4.69, 9.17) is 0 Å². The molecule has 25 heavy (non-hydrogen) atoms. The van der Waals surface area contributed by atoms with Gasteiger partial charge in [0.25, 0.3) is 0 Å². The van der Waals surface area contributed by atoms with Crippen molar-refractivity contribution in [3.63, 3.8) is 0 Å². The Bertz CT molecular complexity index is 802. The molecule has 0 saturated heterocycles. The van der Waals surface area contributed by atoms with Gasteiger partial charge >= 0.3 is 0 Å². The first-order valence-corrected chi connectivity index (χ1v) is 9.98. The molecule has 0 atom stereocenters. The molecule has 1 heterocycles. The summed E-state index contributed by atoms with van der Waals surface area (Å²) in [6.45, 7) is 6.18. The number of carbonyl (C=O) groups is 1. The second kappa shape index (κ2) is 8.19. The lowest BCUT2D eigenvalue weighted by molar-refractivity contribution is -0.116. The maximum atomic E-state index is 12.6. The van der Waals surface area contributed by atoms with E-state index in [0.717, 1.165) is 6.42 Å². The number of sulfone groups is 1. The second-order valence-corrected chi connectivity index (χ2v) is 8.11. The molecule has 2 rings (SSSR count). The van der Waals surface area contributed by atoms with Crippen molar-refractivity contribution in [2.45, 2.75) is 45.5 Å². The molecule has 0 bridgehead atoms. The second-order valence-electron chi connectivity index (χ2n) is 6.04. The lowest BCUT2D eigenvalue weighted by atomic mass is 10.2. The van der Waals surface area contributed by atoms with Crippen LogP contribution in [0.4, 0.5) is 5.69 Å². The molecule has 0 aliphatic heterocycles. The van der Waals surface area contributed by atoms with E-state index >= 15 is 0 Å². The minimum atomic E-state index is -3.69. The van der Waals surface area contributed by atoms with E-state index in [9.17, 15) is 13.2 Å². The highest BCUT2D eigenvalue weighted by Gasteiger charge is 2.26. The third kappa shape index (κ3) is 5.09. The minimum absolute atomic E-state index is 0.157. The number of aryl methyl sites for hydroxylation is 1. The normalized spacial score (nSPS) is 11.7. The van der Waals surface area contributed by atoms with Crippen LogP contribution in [0, 0.1) is 0 Å². The predicted octanol–water partition coefficient (Wildman–Crippen LogP) is 1.44. The molecule has 0 spiro atoms. The molecule has 0 aliphatic rings. The number of nitrogens with zero attached hydrogens (tertiary/aromatic N) is 5. The Labute approximate surface area is 147 Å². The Hall–Kier alpha value is -2.29. The maximum Gasteiger partial charge on any atom is 0.242 e. The van der Waals surface area contributed by atoms with E-state index in [1.165, 1.54) is 9.58 Å². The highest BCUT2D eigenvalue weighted by atomic mass is 32.2. The molecule has 8 nitrogen and oxygen atoms in total. The van der Waals surface area contributed by atoms with Gasteiger partial charge in [0.15, 0.2) is 15.7 Å². The molecule has 1 aromatic carbocycles.